The van der Waals surface area contributed by atoms with Crippen molar-refractivity contribution in [3.05, 3.63) is 144 Å². The minimum atomic E-state index is -1.17. The van der Waals surface area contributed by atoms with Gasteiger partial charge in [-0.15, -0.1) is 0 Å². The van der Waals surface area contributed by atoms with Crippen molar-refractivity contribution >= 4 is 0 Å². The van der Waals surface area contributed by atoms with E-state index in [2.05, 4.69) is 126 Å². The molecule has 4 aromatic rings. The lowest BCUT2D eigenvalue weighted by atomic mass is 9.50. The monoisotopic (exact) mass is 1150 g/mol. The van der Waals surface area contributed by atoms with Gasteiger partial charge in [-0.1, -0.05) is 121 Å². The molecule has 8 bridgehead atoms. The molecule has 0 amide bonds. The predicted molar refractivity (Wildman–Crippen MR) is 328 cm³/mol. The van der Waals surface area contributed by atoms with E-state index in [1.165, 1.54) is 82.6 Å². The van der Waals surface area contributed by atoms with Gasteiger partial charge in [0.05, 0.1) is 77.1 Å². The zero-order chi connectivity index (χ0) is 57.6. The molecule has 0 radical (unpaired) electrons. The van der Waals surface area contributed by atoms with E-state index in [4.69, 9.17) is 28.4 Å². The van der Waals surface area contributed by atoms with Gasteiger partial charge in [-0.25, -0.2) is 0 Å². The average Bonchev–Trinajstić information content (AvgIpc) is 2.53. The number of nitrogens with zero attached hydrogens (tertiary/aromatic N) is 2. The van der Waals surface area contributed by atoms with Crippen LogP contribution in [0, 0.1) is 46.3 Å². The maximum atomic E-state index is 10.0. The Balaban J connectivity index is 0.000000220. The zero-order valence-electron chi connectivity index (χ0n) is 50.4. The number of rotatable bonds is 30. The molecule has 12 heteroatoms. The summed E-state index contributed by atoms with van der Waals surface area (Å²) in [7, 11) is 0. The fraction of sp³-hybridized carbons (Fsp3) is 0.667. The number of piperidine rings is 2. The molecule has 12 nitrogen and oxygen atoms in total. The highest BCUT2D eigenvalue weighted by atomic mass is 16.6. The summed E-state index contributed by atoms with van der Waals surface area (Å²) in [6, 6.07) is 41.4. The first-order chi connectivity index (χ1) is 41.2. The molecule has 2 heterocycles. The molecule has 0 unspecified atom stereocenters. The second kappa shape index (κ2) is 30.5. The molecule has 4 aromatic carbocycles. The molecule has 460 valence electrons. The lowest BCUT2D eigenvalue weighted by Gasteiger charge is -2.56. The number of aliphatic hydroxyl groups is 4. The third-order valence-corrected chi connectivity index (χ3v) is 21.1. The summed E-state index contributed by atoms with van der Waals surface area (Å²) in [5, 5.41) is 39.2. The van der Waals surface area contributed by atoms with Crippen LogP contribution >= 0.6 is 0 Å². The number of β-amino-alcohol motifs (C(OH)–C–C–N with tert-alkyl or cyclic N) is 1. The molecule has 84 heavy (non-hydrogen) atoms. The van der Waals surface area contributed by atoms with E-state index in [1.54, 1.807) is 0 Å². The van der Waals surface area contributed by atoms with E-state index < -0.39 is 24.4 Å². The maximum absolute atomic E-state index is 10.0. The van der Waals surface area contributed by atoms with Crippen LogP contribution in [-0.2, 0) is 54.8 Å². The van der Waals surface area contributed by atoms with Crippen LogP contribution in [0.3, 0.4) is 0 Å². The summed E-state index contributed by atoms with van der Waals surface area (Å²) < 4.78 is 40.0. The summed E-state index contributed by atoms with van der Waals surface area (Å²) in [5.41, 5.74) is 5.59. The Labute approximate surface area is 502 Å². The van der Waals surface area contributed by atoms with Crippen molar-refractivity contribution in [1.29, 1.82) is 0 Å². The number of ether oxygens (including phenoxy) is 6. The van der Waals surface area contributed by atoms with Crippen LogP contribution in [-0.4, -0.2) is 145 Å². The minimum Gasteiger partial charge on any atom is -0.395 e. The number of likely N-dealkylation sites (tertiary alicyclic amines) is 2. The van der Waals surface area contributed by atoms with Gasteiger partial charge in [-0.05, 0) is 197 Å². The number of hydrogen-bond donors (Lipinski definition) is 4. The third kappa shape index (κ3) is 16.8. The van der Waals surface area contributed by atoms with Crippen molar-refractivity contribution in [2.45, 2.75) is 191 Å². The first kappa shape index (κ1) is 62.0. The molecule has 8 aliphatic carbocycles. The summed E-state index contributed by atoms with van der Waals surface area (Å²) in [6.07, 6.45) is 19.7. The lowest BCUT2D eigenvalue weighted by molar-refractivity contribution is -0.210. The van der Waals surface area contributed by atoms with Gasteiger partial charge in [-0.3, -0.25) is 9.80 Å². The lowest BCUT2D eigenvalue weighted by Crippen LogP contribution is -2.64. The molecule has 0 aromatic heterocycles. The van der Waals surface area contributed by atoms with Crippen molar-refractivity contribution in [2.24, 2.45) is 46.3 Å². The van der Waals surface area contributed by atoms with E-state index in [0.29, 0.717) is 57.0 Å². The largest absolute Gasteiger partial charge is 0.395 e. The van der Waals surface area contributed by atoms with Crippen molar-refractivity contribution in [1.82, 2.24) is 9.80 Å². The highest BCUT2D eigenvalue weighted by Gasteiger charge is 2.52. The van der Waals surface area contributed by atoms with Crippen LogP contribution in [0.25, 0.3) is 0 Å². The molecule has 0 spiro atoms. The van der Waals surface area contributed by atoms with Crippen LogP contribution in [0.5, 0.6) is 0 Å². The van der Waals surface area contributed by atoms with Gasteiger partial charge in [0.1, 0.15) is 24.4 Å². The summed E-state index contributed by atoms with van der Waals surface area (Å²) in [6.45, 7) is 8.70. The van der Waals surface area contributed by atoms with Crippen molar-refractivity contribution in [3.63, 3.8) is 0 Å². The summed E-state index contributed by atoms with van der Waals surface area (Å²) >= 11 is 0. The van der Waals surface area contributed by atoms with Crippen molar-refractivity contribution in [2.75, 3.05) is 65.8 Å². The summed E-state index contributed by atoms with van der Waals surface area (Å²) in [4.78, 5) is 4.48. The molecule has 10 aliphatic rings. The molecular formula is C72H102N2O10. The van der Waals surface area contributed by atoms with Crippen LogP contribution in [0.2, 0.25) is 0 Å². The first-order valence-corrected chi connectivity index (χ1v) is 33.0. The molecule has 2 saturated heterocycles. The Morgan fingerprint density at radius 1 is 0.405 bits per heavy atom. The number of aliphatic hydroxyl groups excluding tert-OH is 4. The molecule has 8 atom stereocenters. The number of hydrogen-bond acceptors (Lipinski definition) is 12. The highest BCUT2D eigenvalue weighted by molar-refractivity contribution is 5.17. The van der Waals surface area contributed by atoms with Crippen LogP contribution in [0.4, 0.5) is 0 Å². The Bertz CT molecular complexity index is 2440. The van der Waals surface area contributed by atoms with Gasteiger partial charge >= 0.3 is 0 Å². The molecule has 14 rings (SSSR count). The van der Waals surface area contributed by atoms with E-state index in [0.717, 1.165) is 130 Å². The zero-order valence-corrected chi connectivity index (χ0v) is 50.4. The quantitative estimate of drug-likeness (QED) is 0.0369. The van der Waals surface area contributed by atoms with Gasteiger partial charge in [-0.2, -0.15) is 0 Å². The topological polar surface area (TPSA) is 143 Å². The van der Waals surface area contributed by atoms with Gasteiger partial charge in [0, 0.05) is 26.3 Å². The Kier molecular flexibility index (Phi) is 22.6. The first-order valence-electron chi connectivity index (χ1n) is 33.0. The molecule has 8 saturated carbocycles. The van der Waals surface area contributed by atoms with Crippen molar-refractivity contribution in [3.8, 4) is 0 Å². The van der Waals surface area contributed by atoms with E-state index in [-0.39, 0.29) is 31.0 Å². The normalized spacial score (nSPS) is 34.2. The maximum Gasteiger partial charge on any atom is 0.113 e. The van der Waals surface area contributed by atoms with Crippen LogP contribution in [0.15, 0.2) is 121 Å². The smallest absolute Gasteiger partial charge is 0.113 e. The van der Waals surface area contributed by atoms with Crippen molar-refractivity contribution < 1.29 is 48.8 Å². The standard InChI is InChI=1S/C50H63NO5.C22H39NO5/c1-6-16-39(17-7-1)33-53-37-46-48(55-35-41-20-10-3-11-21-41)49(56-36-42-22-12-4-13-23-42)47(54-34-40-18-8-2-9-19-40)32-51(46)24-14-5-15-25-52-38-50-29-43-26-44(30-50)28-45(27-43)31-50;24-13-18-20(26)21(27)19(25)12-23(18)4-2-1-3-5-28-14-22-9-15-6-16(10-22)8-17(7-15)11-22/h1-4,6-13,16-23,43-49H,5,14-15,24-38H2;15-21,24-27H,1-14H2/t43?,44?,45?,46-,47+,48-,49-,50?;15?,16?,17?,18-,19+,20-,21-,22?/m00/s1. The second-order valence-electron chi connectivity index (χ2n) is 27.8. The molecule has 2 aliphatic heterocycles. The number of unbranched alkanes of at least 4 members (excludes halogenated alkanes) is 4. The van der Waals surface area contributed by atoms with Crippen LogP contribution in [0.1, 0.15) is 138 Å². The van der Waals surface area contributed by atoms with E-state index in [9.17, 15) is 20.4 Å². The fourth-order valence-electron chi connectivity index (χ4n) is 17.8. The van der Waals surface area contributed by atoms with Gasteiger partial charge in [0.25, 0.3) is 0 Å². The van der Waals surface area contributed by atoms with Gasteiger partial charge in [0.2, 0.25) is 0 Å². The molecular weight excluding hydrogens is 1050 g/mol. The SMILES string of the molecule is OC[C@H]1[C@H](O)[C@@H](O)[C@H](O)CN1CCCCCOCC12CC3CC(CC(C3)C1)C2.c1ccc(COC[C@H]2[C@H](OCc3ccccc3)[C@@H](OCc3ccccc3)[C@H](OCc3ccccc3)CN2CCCCCOCC23CC4CC(CC(C4)C2)C3)cc1. The second-order valence-corrected chi connectivity index (χ2v) is 27.8. The predicted octanol–water partition coefficient (Wildman–Crippen LogP) is 11.2. The molecule has 4 N–H and O–H groups in total. The Hall–Kier alpha value is -3.60. The fourth-order valence-corrected chi connectivity index (χ4v) is 17.8. The average molecular weight is 1160 g/mol. The third-order valence-electron chi connectivity index (χ3n) is 21.1. The van der Waals surface area contributed by atoms with Gasteiger partial charge in [0.15, 0.2) is 0 Å². The Morgan fingerprint density at radius 3 is 1.23 bits per heavy atom. The highest BCUT2D eigenvalue weighted by Crippen LogP contribution is 2.61. The van der Waals surface area contributed by atoms with Crippen LogP contribution < -0.4 is 0 Å². The van der Waals surface area contributed by atoms with E-state index >= 15 is 0 Å². The summed E-state index contributed by atoms with van der Waals surface area (Å²) in [5.74, 6) is 5.85. The Morgan fingerprint density at radius 2 is 0.798 bits per heavy atom. The number of benzene rings is 4. The minimum absolute atomic E-state index is 0.00731. The van der Waals surface area contributed by atoms with Gasteiger partial charge < -0.3 is 48.8 Å². The van der Waals surface area contributed by atoms with E-state index in [1.807, 2.05) is 4.90 Å². The molecule has 10 fully saturated rings.